The molecular weight excluding hydrogens is 393 g/mol. The number of alkyl halides is 3. The first-order chi connectivity index (χ1) is 14.3. The van der Waals surface area contributed by atoms with Crippen LogP contribution in [0.25, 0.3) is 10.8 Å². The summed E-state index contributed by atoms with van der Waals surface area (Å²) in [5.74, 6) is -0.534. The lowest BCUT2D eigenvalue weighted by atomic mass is 10.0. The highest BCUT2D eigenvalue weighted by molar-refractivity contribution is 6.08. The molecule has 3 aromatic rings. The molecule has 154 valence electrons. The maximum absolute atomic E-state index is 12.8. The van der Waals surface area contributed by atoms with Crippen molar-refractivity contribution < 1.29 is 22.8 Å². The summed E-state index contributed by atoms with van der Waals surface area (Å²) < 4.78 is 38.1. The lowest BCUT2D eigenvalue weighted by Gasteiger charge is -2.14. The van der Waals surface area contributed by atoms with Gasteiger partial charge in [-0.1, -0.05) is 36.4 Å². The Balaban J connectivity index is 1.54. The van der Waals surface area contributed by atoms with Crippen LogP contribution in [0, 0.1) is 5.92 Å². The summed E-state index contributed by atoms with van der Waals surface area (Å²) >= 11 is 0. The largest absolute Gasteiger partial charge is 0.416 e. The molecule has 0 bridgehead atoms. The molecule has 0 heterocycles. The molecule has 3 aromatic carbocycles. The minimum atomic E-state index is -4.40. The smallest absolute Gasteiger partial charge is 0.348 e. The fourth-order valence-electron chi connectivity index (χ4n) is 3.20. The summed E-state index contributed by atoms with van der Waals surface area (Å²) in [7, 11) is 0. The lowest BCUT2D eigenvalue weighted by Crippen LogP contribution is -2.25. The van der Waals surface area contributed by atoms with Crippen molar-refractivity contribution >= 4 is 28.3 Å². The van der Waals surface area contributed by atoms with E-state index in [1.165, 1.54) is 12.1 Å². The Morgan fingerprint density at radius 2 is 1.57 bits per heavy atom. The van der Waals surface area contributed by atoms with E-state index in [2.05, 4.69) is 10.6 Å². The van der Waals surface area contributed by atoms with Crippen LogP contribution in [0.4, 0.5) is 18.9 Å². The van der Waals surface area contributed by atoms with Crippen LogP contribution in [0.1, 0.15) is 34.3 Å². The Labute approximate surface area is 171 Å². The molecule has 0 unspecified atom stereocenters. The first-order valence-corrected chi connectivity index (χ1v) is 9.59. The Morgan fingerprint density at radius 1 is 0.933 bits per heavy atom. The van der Waals surface area contributed by atoms with E-state index in [9.17, 15) is 22.8 Å². The van der Waals surface area contributed by atoms with Crippen molar-refractivity contribution in [3.63, 3.8) is 0 Å². The Kier molecular flexibility index (Phi) is 5.20. The van der Waals surface area contributed by atoms with Crippen molar-refractivity contribution in [3.8, 4) is 0 Å². The van der Waals surface area contributed by atoms with Crippen molar-refractivity contribution in [2.45, 2.75) is 25.6 Å². The zero-order valence-corrected chi connectivity index (χ0v) is 15.9. The minimum absolute atomic E-state index is 0.0143. The van der Waals surface area contributed by atoms with E-state index in [-0.39, 0.29) is 18.4 Å². The third-order valence-corrected chi connectivity index (χ3v) is 5.07. The Morgan fingerprint density at radius 3 is 2.17 bits per heavy atom. The second kappa shape index (κ2) is 7.82. The highest BCUT2D eigenvalue weighted by Crippen LogP contribution is 2.32. The second-order valence-electron chi connectivity index (χ2n) is 7.39. The summed E-state index contributed by atoms with van der Waals surface area (Å²) in [5, 5.41) is 7.31. The molecule has 0 aromatic heterocycles. The minimum Gasteiger partial charge on any atom is -0.348 e. The maximum atomic E-state index is 12.8. The van der Waals surface area contributed by atoms with Crippen LogP contribution in [-0.4, -0.2) is 11.8 Å². The van der Waals surface area contributed by atoms with Gasteiger partial charge in [-0.15, -0.1) is 0 Å². The van der Waals surface area contributed by atoms with E-state index in [1.807, 2.05) is 24.3 Å². The lowest BCUT2D eigenvalue weighted by molar-refractivity contribution is -0.137. The number of carbonyl (C=O) groups is 2. The van der Waals surface area contributed by atoms with E-state index in [4.69, 9.17) is 0 Å². The van der Waals surface area contributed by atoms with Gasteiger partial charge in [0.15, 0.2) is 0 Å². The third-order valence-electron chi connectivity index (χ3n) is 5.07. The predicted octanol–water partition coefficient (Wildman–Crippen LogP) is 5.14. The maximum Gasteiger partial charge on any atom is 0.416 e. The van der Waals surface area contributed by atoms with Crippen molar-refractivity contribution in [2.75, 3.05) is 5.32 Å². The van der Waals surface area contributed by atoms with Gasteiger partial charge in [-0.25, -0.2) is 0 Å². The van der Waals surface area contributed by atoms with E-state index >= 15 is 0 Å². The van der Waals surface area contributed by atoms with Gasteiger partial charge >= 0.3 is 6.18 Å². The molecule has 2 N–H and O–H groups in total. The van der Waals surface area contributed by atoms with Gasteiger partial charge in [-0.2, -0.15) is 13.2 Å². The number of hydrogen-bond acceptors (Lipinski definition) is 2. The van der Waals surface area contributed by atoms with Crippen LogP contribution in [0.5, 0.6) is 0 Å². The van der Waals surface area contributed by atoms with Gasteiger partial charge in [0, 0.05) is 12.5 Å². The van der Waals surface area contributed by atoms with Crippen molar-refractivity contribution in [1.82, 2.24) is 5.32 Å². The van der Waals surface area contributed by atoms with Gasteiger partial charge in [0.1, 0.15) is 0 Å². The zero-order valence-electron chi connectivity index (χ0n) is 15.9. The highest BCUT2D eigenvalue weighted by atomic mass is 19.4. The van der Waals surface area contributed by atoms with Crippen molar-refractivity contribution in [3.05, 3.63) is 77.4 Å². The molecule has 7 heteroatoms. The number of nitrogens with one attached hydrogen (secondary N) is 2. The average molecular weight is 412 g/mol. The van der Waals surface area contributed by atoms with Crippen molar-refractivity contribution in [1.29, 1.82) is 0 Å². The zero-order chi connectivity index (χ0) is 21.3. The normalized spacial score (nSPS) is 13.8. The molecule has 0 aliphatic heterocycles. The van der Waals surface area contributed by atoms with E-state index in [0.717, 1.165) is 35.7 Å². The van der Waals surface area contributed by atoms with Gasteiger partial charge < -0.3 is 10.6 Å². The molecule has 1 aliphatic rings. The highest BCUT2D eigenvalue weighted by Gasteiger charge is 2.31. The molecule has 30 heavy (non-hydrogen) atoms. The molecule has 0 radical (unpaired) electrons. The van der Waals surface area contributed by atoms with Crippen LogP contribution in [-0.2, 0) is 17.5 Å². The number of halogens is 3. The van der Waals surface area contributed by atoms with Crippen LogP contribution < -0.4 is 10.6 Å². The van der Waals surface area contributed by atoms with Crippen LogP contribution in [0.3, 0.4) is 0 Å². The Hall–Kier alpha value is -3.35. The molecule has 1 aliphatic carbocycles. The topological polar surface area (TPSA) is 58.2 Å². The van der Waals surface area contributed by atoms with Crippen LogP contribution in [0.15, 0.2) is 60.7 Å². The number of rotatable bonds is 5. The Bertz CT molecular complexity index is 1100. The third kappa shape index (κ3) is 4.45. The summed E-state index contributed by atoms with van der Waals surface area (Å²) in [4.78, 5) is 25.1. The van der Waals surface area contributed by atoms with Gasteiger partial charge in [0.05, 0.1) is 16.8 Å². The fourth-order valence-corrected chi connectivity index (χ4v) is 3.20. The van der Waals surface area contributed by atoms with Crippen LogP contribution in [0.2, 0.25) is 0 Å². The molecular formula is C23H19F3N2O2. The van der Waals surface area contributed by atoms with E-state index in [0.29, 0.717) is 16.8 Å². The van der Waals surface area contributed by atoms with Gasteiger partial charge in [0.2, 0.25) is 5.91 Å². The number of carbonyl (C=O) groups excluding carboxylic acids is 2. The molecule has 1 fully saturated rings. The summed E-state index contributed by atoms with van der Waals surface area (Å²) in [6.07, 6.45) is -2.72. The van der Waals surface area contributed by atoms with Gasteiger partial charge in [0.25, 0.3) is 5.91 Å². The van der Waals surface area contributed by atoms with Gasteiger partial charge in [-0.3, -0.25) is 9.59 Å². The molecule has 1 saturated carbocycles. The molecule has 0 saturated heterocycles. The quantitative estimate of drug-likeness (QED) is 0.610. The molecule has 4 rings (SSSR count). The first-order valence-electron chi connectivity index (χ1n) is 9.59. The number of anilines is 1. The standard InChI is InChI=1S/C23H19F3N2O2/c24-23(25,26)18-9-5-14(6-10-18)13-27-22(30)19-11-16-3-1-2-4-17(16)12-20(19)28-21(29)15-7-8-15/h1-6,9-12,15H,7-8,13H2,(H,27,30)(H,28,29). The number of hydrogen-bond donors (Lipinski definition) is 2. The van der Waals surface area contributed by atoms with Crippen molar-refractivity contribution in [2.24, 2.45) is 5.92 Å². The molecule has 4 nitrogen and oxygen atoms in total. The number of benzene rings is 3. The SMILES string of the molecule is O=C(NCc1ccc(C(F)(F)F)cc1)c1cc2ccccc2cc1NC(=O)C1CC1. The number of fused-ring (bicyclic) bond motifs is 1. The molecule has 0 spiro atoms. The second-order valence-corrected chi connectivity index (χ2v) is 7.39. The summed E-state index contributed by atoms with van der Waals surface area (Å²) in [6, 6.07) is 15.6. The van der Waals surface area contributed by atoms with Crippen LogP contribution >= 0.6 is 0 Å². The monoisotopic (exact) mass is 412 g/mol. The van der Waals surface area contributed by atoms with Gasteiger partial charge in [-0.05, 0) is 53.4 Å². The van der Waals surface area contributed by atoms with E-state index < -0.39 is 17.6 Å². The summed E-state index contributed by atoms with van der Waals surface area (Å²) in [5.41, 5.74) is 0.544. The first kappa shape index (κ1) is 19.9. The molecule has 2 amide bonds. The van der Waals surface area contributed by atoms with E-state index in [1.54, 1.807) is 12.1 Å². The number of amides is 2. The fraction of sp³-hybridized carbons (Fsp3) is 0.217. The predicted molar refractivity (Wildman–Crippen MR) is 108 cm³/mol. The summed E-state index contributed by atoms with van der Waals surface area (Å²) in [6.45, 7) is 0.0693. The average Bonchev–Trinajstić information content (AvgIpc) is 3.56. The molecule has 0 atom stereocenters.